The number of amides is 2. The molecule has 0 radical (unpaired) electrons. The summed E-state index contributed by atoms with van der Waals surface area (Å²) in [6.45, 7) is 1.52. The van der Waals surface area contributed by atoms with Crippen molar-refractivity contribution in [2.75, 3.05) is 13.1 Å². The van der Waals surface area contributed by atoms with E-state index in [-0.39, 0.29) is 23.5 Å². The van der Waals surface area contributed by atoms with Crippen LogP contribution in [0.5, 0.6) is 0 Å². The van der Waals surface area contributed by atoms with Gasteiger partial charge in [-0.15, -0.1) is 0 Å². The first-order valence-electron chi connectivity index (χ1n) is 8.35. The van der Waals surface area contributed by atoms with Crippen LogP contribution in [0.25, 0.3) is 0 Å². The second-order valence-electron chi connectivity index (χ2n) is 6.15. The summed E-state index contributed by atoms with van der Waals surface area (Å²) < 4.78 is 13.0. The average molecular weight is 341 g/mol. The van der Waals surface area contributed by atoms with Crippen LogP contribution in [0.15, 0.2) is 48.8 Å². The van der Waals surface area contributed by atoms with E-state index < -0.39 is 0 Å². The first kappa shape index (κ1) is 17.1. The van der Waals surface area contributed by atoms with Crippen LogP contribution in [-0.4, -0.2) is 34.8 Å². The molecule has 6 heteroatoms. The van der Waals surface area contributed by atoms with Gasteiger partial charge in [0.15, 0.2) is 0 Å². The zero-order valence-electron chi connectivity index (χ0n) is 13.8. The van der Waals surface area contributed by atoms with Crippen LogP contribution in [0.1, 0.15) is 28.8 Å². The maximum absolute atomic E-state index is 13.0. The maximum atomic E-state index is 13.0. The number of halogens is 1. The third-order valence-corrected chi connectivity index (χ3v) is 4.43. The van der Waals surface area contributed by atoms with Crippen LogP contribution < -0.4 is 5.32 Å². The lowest BCUT2D eigenvalue weighted by Gasteiger charge is -2.31. The number of nitrogens with zero attached hydrogens (tertiary/aromatic N) is 2. The van der Waals surface area contributed by atoms with Crippen LogP contribution >= 0.6 is 0 Å². The minimum atomic E-state index is -0.361. The summed E-state index contributed by atoms with van der Waals surface area (Å²) in [5.41, 5.74) is 1.43. The standard InChI is InChI=1S/C19H20FN3O2/c20-17-5-3-16(4-6-17)19(25)23-10-7-15(8-11-23)18(24)22-13-14-2-1-9-21-12-14/h1-6,9,12,15H,7-8,10-11,13H2,(H,22,24). The quantitative estimate of drug-likeness (QED) is 0.929. The van der Waals surface area contributed by atoms with Gasteiger partial charge in [0, 0.05) is 43.5 Å². The highest BCUT2D eigenvalue weighted by atomic mass is 19.1. The molecule has 1 aromatic carbocycles. The van der Waals surface area contributed by atoms with Crippen molar-refractivity contribution in [3.05, 3.63) is 65.7 Å². The molecule has 25 heavy (non-hydrogen) atoms. The first-order chi connectivity index (χ1) is 12.1. The summed E-state index contributed by atoms with van der Waals surface area (Å²) in [6.07, 6.45) is 4.68. The van der Waals surface area contributed by atoms with Crippen molar-refractivity contribution in [1.29, 1.82) is 0 Å². The SMILES string of the molecule is O=C(NCc1cccnc1)C1CCN(C(=O)c2ccc(F)cc2)CC1. The van der Waals surface area contributed by atoms with E-state index in [9.17, 15) is 14.0 Å². The Balaban J connectivity index is 1.48. The number of hydrogen-bond acceptors (Lipinski definition) is 3. The molecule has 2 heterocycles. The summed E-state index contributed by atoms with van der Waals surface area (Å²) >= 11 is 0. The van der Waals surface area contributed by atoms with Crippen molar-refractivity contribution < 1.29 is 14.0 Å². The van der Waals surface area contributed by atoms with Gasteiger partial charge in [-0.2, -0.15) is 0 Å². The molecule has 1 fully saturated rings. The number of nitrogens with one attached hydrogen (secondary N) is 1. The van der Waals surface area contributed by atoms with Crippen molar-refractivity contribution in [3.63, 3.8) is 0 Å². The molecule has 5 nitrogen and oxygen atoms in total. The van der Waals surface area contributed by atoms with Crippen molar-refractivity contribution >= 4 is 11.8 Å². The molecule has 1 aliphatic rings. The third-order valence-electron chi connectivity index (χ3n) is 4.43. The Hall–Kier alpha value is -2.76. The molecule has 1 aromatic heterocycles. The van der Waals surface area contributed by atoms with Gasteiger partial charge >= 0.3 is 0 Å². The van der Waals surface area contributed by atoms with Crippen molar-refractivity contribution in [2.45, 2.75) is 19.4 Å². The topological polar surface area (TPSA) is 62.3 Å². The van der Waals surface area contributed by atoms with E-state index >= 15 is 0 Å². The second kappa shape index (κ2) is 7.88. The zero-order chi connectivity index (χ0) is 17.6. The fourth-order valence-corrected chi connectivity index (χ4v) is 2.96. The van der Waals surface area contributed by atoms with Crippen LogP contribution in [0.3, 0.4) is 0 Å². The van der Waals surface area contributed by atoms with E-state index in [1.165, 1.54) is 24.3 Å². The summed E-state index contributed by atoms with van der Waals surface area (Å²) in [6, 6.07) is 9.30. The predicted molar refractivity (Wildman–Crippen MR) is 91.1 cm³/mol. The largest absolute Gasteiger partial charge is 0.352 e. The van der Waals surface area contributed by atoms with E-state index in [1.807, 2.05) is 12.1 Å². The lowest BCUT2D eigenvalue weighted by atomic mass is 9.95. The van der Waals surface area contributed by atoms with E-state index in [4.69, 9.17) is 0 Å². The van der Waals surface area contributed by atoms with Gasteiger partial charge in [0.05, 0.1) is 0 Å². The molecule has 1 aliphatic heterocycles. The van der Waals surface area contributed by atoms with Gasteiger partial charge in [0.1, 0.15) is 5.82 Å². The summed E-state index contributed by atoms with van der Waals surface area (Å²) in [5.74, 6) is -0.554. The zero-order valence-corrected chi connectivity index (χ0v) is 13.8. The van der Waals surface area contributed by atoms with Gasteiger partial charge in [-0.3, -0.25) is 14.6 Å². The maximum Gasteiger partial charge on any atom is 0.253 e. The number of carbonyl (C=O) groups is 2. The number of rotatable bonds is 4. The molecular formula is C19H20FN3O2. The Morgan fingerprint density at radius 1 is 1.16 bits per heavy atom. The van der Waals surface area contributed by atoms with Crippen LogP contribution in [0.4, 0.5) is 4.39 Å². The van der Waals surface area contributed by atoms with E-state index in [0.717, 1.165) is 5.56 Å². The molecule has 1 N–H and O–H groups in total. The molecule has 0 spiro atoms. The van der Waals surface area contributed by atoms with Gasteiger partial charge in [-0.25, -0.2) is 4.39 Å². The highest BCUT2D eigenvalue weighted by molar-refractivity contribution is 5.94. The lowest BCUT2D eigenvalue weighted by molar-refractivity contribution is -0.126. The van der Waals surface area contributed by atoms with E-state index in [2.05, 4.69) is 10.3 Å². The second-order valence-corrected chi connectivity index (χ2v) is 6.15. The van der Waals surface area contributed by atoms with Crippen LogP contribution in [0, 0.1) is 11.7 Å². The molecule has 0 bridgehead atoms. The average Bonchev–Trinajstić information content (AvgIpc) is 2.67. The molecule has 2 amide bonds. The number of carbonyl (C=O) groups excluding carboxylic acids is 2. The fourth-order valence-electron chi connectivity index (χ4n) is 2.96. The number of likely N-dealkylation sites (tertiary alicyclic amines) is 1. The highest BCUT2D eigenvalue weighted by Gasteiger charge is 2.27. The molecule has 130 valence electrons. The number of piperidine rings is 1. The highest BCUT2D eigenvalue weighted by Crippen LogP contribution is 2.19. The van der Waals surface area contributed by atoms with Crippen molar-refractivity contribution in [2.24, 2.45) is 5.92 Å². The van der Waals surface area contributed by atoms with E-state index in [0.29, 0.717) is 38.0 Å². The number of pyridine rings is 1. The number of aromatic nitrogens is 1. The van der Waals surface area contributed by atoms with Gasteiger partial charge in [0.2, 0.25) is 5.91 Å². The summed E-state index contributed by atoms with van der Waals surface area (Å²) in [4.78, 5) is 30.4. The smallest absolute Gasteiger partial charge is 0.253 e. The summed E-state index contributed by atoms with van der Waals surface area (Å²) in [7, 11) is 0. The molecule has 0 aliphatic carbocycles. The minimum absolute atomic E-state index is 0.0118. The van der Waals surface area contributed by atoms with Gasteiger partial charge in [-0.1, -0.05) is 6.07 Å². The molecule has 1 saturated heterocycles. The Bertz CT molecular complexity index is 726. The Morgan fingerprint density at radius 3 is 2.52 bits per heavy atom. The molecule has 2 aromatic rings. The molecule has 0 saturated carbocycles. The summed E-state index contributed by atoms with van der Waals surface area (Å²) in [5, 5.41) is 2.93. The normalized spacial score (nSPS) is 15.0. The lowest BCUT2D eigenvalue weighted by Crippen LogP contribution is -2.42. The first-order valence-corrected chi connectivity index (χ1v) is 8.35. The molecule has 3 rings (SSSR count). The molecular weight excluding hydrogens is 321 g/mol. The monoisotopic (exact) mass is 341 g/mol. The van der Waals surface area contributed by atoms with Crippen LogP contribution in [-0.2, 0) is 11.3 Å². The van der Waals surface area contributed by atoms with Gasteiger partial charge in [0.25, 0.3) is 5.91 Å². The number of hydrogen-bond donors (Lipinski definition) is 1. The Labute approximate surface area is 145 Å². The minimum Gasteiger partial charge on any atom is -0.352 e. The van der Waals surface area contributed by atoms with Crippen molar-refractivity contribution in [3.8, 4) is 0 Å². The molecule has 0 unspecified atom stereocenters. The Kier molecular flexibility index (Phi) is 5.38. The molecule has 0 atom stereocenters. The van der Waals surface area contributed by atoms with Gasteiger partial charge < -0.3 is 10.2 Å². The van der Waals surface area contributed by atoms with Crippen molar-refractivity contribution in [1.82, 2.24) is 15.2 Å². The Morgan fingerprint density at radius 2 is 1.88 bits per heavy atom. The van der Waals surface area contributed by atoms with Gasteiger partial charge in [-0.05, 0) is 48.7 Å². The fraction of sp³-hybridized carbons (Fsp3) is 0.316. The van der Waals surface area contributed by atoms with Crippen LogP contribution in [0.2, 0.25) is 0 Å². The third kappa shape index (κ3) is 4.41. The van der Waals surface area contributed by atoms with E-state index in [1.54, 1.807) is 17.3 Å². The number of benzene rings is 1. The predicted octanol–water partition coefficient (Wildman–Crippen LogP) is 2.39.